The second kappa shape index (κ2) is 11.5. The lowest BCUT2D eigenvalue weighted by atomic mass is 10.2. The molecule has 0 aromatic heterocycles. The highest BCUT2D eigenvalue weighted by molar-refractivity contribution is 5.89. The zero-order valence-corrected chi connectivity index (χ0v) is 14.1. The number of carbonyl (C=O) groups excluding carboxylic acids is 1. The molecule has 0 radical (unpaired) electrons. The summed E-state index contributed by atoms with van der Waals surface area (Å²) in [6.07, 6.45) is 16.7. The van der Waals surface area contributed by atoms with E-state index in [9.17, 15) is 4.79 Å². The molecule has 1 unspecified atom stereocenters. The highest BCUT2D eigenvalue weighted by Gasteiger charge is 2.29. The summed E-state index contributed by atoms with van der Waals surface area (Å²) in [6, 6.07) is 0. The number of carbonyl (C=O) groups is 1. The highest BCUT2D eigenvalue weighted by Crippen LogP contribution is 2.29. The first-order chi connectivity index (χ1) is 11.1. The Morgan fingerprint density at radius 3 is 2.83 bits per heavy atom. The van der Waals surface area contributed by atoms with Crippen molar-refractivity contribution in [1.82, 2.24) is 5.32 Å². The van der Waals surface area contributed by atoms with Gasteiger partial charge in [-0.3, -0.25) is 9.79 Å². The Morgan fingerprint density at radius 1 is 1.26 bits per heavy atom. The second-order valence-corrected chi connectivity index (χ2v) is 5.73. The van der Waals surface area contributed by atoms with E-state index in [0.717, 1.165) is 31.3 Å². The topological polar surface area (TPSA) is 93.5 Å². The van der Waals surface area contributed by atoms with Gasteiger partial charge in [0.2, 0.25) is 5.91 Å². The van der Waals surface area contributed by atoms with Crippen molar-refractivity contribution in [2.24, 2.45) is 22.4 Å². The van der Waals surface area contributed by atoms with E-state index in [1.165, 1.54) is 12.8 Å². The maximum Gasteiger partial charge on any atom is 0.231 e. The van der Waals surface area contributed by atoms with Gasteiger partial charge in [-0.2, -0.15) is 0 Å². The third-order valence-corrected chi connectivity index (χ3v) is 3.58. The standard InChI is InChI=1S/C18H30N4O/c1-2-3-4-5-6-8-11-15-14-16(15)17(23)21-12-9-7-10-13-22-18(19)20/h5-6,8,11,14,16H,2-4,7,9-10,12-13H2,1H3,(H,21,23)(H4,19,20,22)/b6-5+,11-8+. The summed E-state index contributed by atoms with van der Waals surface area (Å²) in [5.41, 5.74) is 11.6. The van der Waals surface area contributed by atoms with Crippen molar-refractivity contribution in [2.75, 3.05) is 13.1 Å². The van der Waals surface area contributed by atoms with Gasteiger partial charge in [-0.05, 0) is 31.3 Å². The van der Waals surface area contributed by atoms with Crippen LogP contribution in [-0.4, -0.2) is 25.0 Å². The Bertz CT molecular complexity index is 473. The molecule has 128 valence electrons. The number of nitrogens with zero attached hydrogens (tertiary/aromatic N) is 1. The smallest absolute Gasteiger partial charge is 0.231 e. The Kier molecular flexibility index (Phi) is 9.52. The predicted molar refractivity (Wildman–Crippen MR) is 96.9 cm³/mol. The van der Waals surface area contributed by atoms with Crippen LogP contribution in [0, 0.1) is 5.92 Å². The summed E-state index contributed by atoms with van der Waals surface area (Å²) in [5.74, 6) is 0.208. The maximum atomic E-state index is 11.9. The number of hydrogen-bond acceptors (Lipinski definition) is 2. The minimum absolute atomic E-state index is 0.0306. The summed E-state index contributed by atoms with van der Waals surface area (Å²) in [6.45, 7) is 3.55. The molecule has 0 fully saturated rings. The molecule has 23 heavy (non-hydrogen) atoms. The molecular weight excluding hydrogens is 288 g/mol. The summed E-state index contributed by atoms with van der Waals surface area (Å²) >= 11 is 0. The van der Waals surface area contributed by atoms with Crippen LogP contribution in [0.25, 0.3) is 0 Å². The minimum atomic E-state index is -0.0306. The van der Waals surface area contributed by atoms with Gasteiger partial charge in [0, 0.05) is 13.1 Å². The zero-order valence-electron chi connectivity index (χ0n) is 14.1. The van der Waals surface area contributed by atoms with Gasteiger partial charge in [0.25, 0.3) is 0 Å². The lowest BCUT2D eigenvalue weighted by molar-refractivity contribution is -0.121. The second-order valence-electron chi connectivity index (χ2n) is 5.73. The van der Waals surface area contributed by atoms with Gasteiger partial charge < -0.3 is 16.8 Å². The van der Waals surface area contributed by atoms with E-state index in [1.807, 2.05) is 18.2 Å². The van der Waals surface area contributed by atoms with Gasteiger partial charge in [0.15, 0.2) is 5.96 Å². The largest absolute Gasteiger partial charge is 0.370 e. The van der Waals surface area contributed by atoms with Crippen molar-refractivity contribution in [2.45, 2.75) is 45.4 Å². The van der Waals surface area contributed by atoms with Crippen LogP contribution < -0.4 is 16.8 Å². The molecule has 0 saturated heterocycles. The molecule has 0 aliphatic heterocycles. The van der Waals surface area contributed by atoms with Crippen LogP contribution in [0.3, 0.4) is 0 Å². The molecule has 1 rings (SSSR count). The van der Waals surface area contributed by atoms with E-state index in [0.29, 0.717) is 13.1 Å². The van der Waals surface area contributed by atoms with Crippen LogP contribution in [0.1, 0.15) is 45.4 Å². The van der Waals surface area contributed by atoms with Crippen LogP contribution in [0.4, 0.5) is 0 Å². The van der Waals surface area contributed by atoms with Crippen molar-refractivity contribution in [1.29, 1.82) is 0 Å². The van der Waals surface area contributed by atoms with E-state index in [2.05, 4.69) is 29.4 Å². The lowest BCUT2D eigenvalue weighted by Crippen LogP contribution is -2.26. The molecule has 0 saturated carbocycles. The van der Waals surface area contributed by atoms with Crippen LogP contribution in [-0.2, 0) is 4.79 Å². The van der Waals surface area contributed by atoms with Crippen molar-refractivity contribution in [3.63, 3.8) is 0 Å². The molecule has 0 bridgehead atoms. The molecule has 0 spiro atoms. The lowest BCUT2D eigenvalue weighted by Gasteiger charge is -2.04. The van der Waals surface area contributed by atoms with E-state index in [-0.39, 0.29) is 17.8 Å². The molecule has 1 atom stereocenters. The molecule has 1 amide bonds. The number of guanidine groups is 1. The van der Waals surface area contributed by atoms with Crippen molar-refractivity contribution in [3.8, 4) is 0 Å². The fourth-order valence-corrected chi connectivity index (χ4v) is 2.14. The Morgan fingerprint density at radius 2 is 2.09 bits per heavy atom. The number of nitrogens with one attached hydrogen (secondary N) is 1. The molecular formula is C18H30N4O. The highest BCUT2D eigenvalue weighted by atomic mass is 16.1. The van der Waals surface area contributed by atoms with E-state index < -0.39 is 0 Å². The SMILES string of the molecule is CCCC/C=C/C=C/C1=CC1C(=O)NCCCCCN=C(N)N. The molecule has 1 aliphatic rings. The summed E-state index contributed by atoms with van der Waals surface area (Å²) < 4.78 is 0. The summed E-state index contributed by atoms with van der Waals surface area (Å²) in [7, 11) is 0. The van der Waals surface area contributed by atoms with E-state index in [1.54, 1.807) is 0 Å². The van der Waals surface area contributed by atoms with E-state index >= 15 is 0 Å². The minimum Gasteiger partial charge on any atom is -0.370 e. The van der Waals surface area contributed by atoms with E-state index in [4.69, 9.17) is 11.5 Å². The predicted octanol–water partition coefficient (Wildman–Crippen LogP) is 2.41. The van der Waals surface area contributed by atoms with Gasteiger partial charge in [0.05, 0.1) is 5.92 Å². The molecule has 1 aliphatic carbocycles. The third kappa shape index (κ3) is 9.55. The number of aliphatic imine (C=N–C) groups is 1. The molecule has 0 aromatic rings. The normalized spacial score (nSPS) is 16.6. The van der Waals surface area contributed by atoms with Gasteiger partial charge in [-0.15, -0.1) is 0 Å². The Hall–Kier alpha value is -2.04. The Balaban J connectivity index is 2.02. The monoisotopic (exact) mass is 318 g/mol. The molecule has 0 heterocycles. The average Bonchev–Trinajstić information content (AvgIpc) is 3.29. The summed E-state index contributed by atoms with van der Waals surface area (Å²) in [4.78, 5) is 15.8. The van der Waals surface area contributed by atoms with Crippen LogP contribution in [0.2, 0.25) is 0 Å². The van der Waals surface area contributed by atoms with Crippen molar-refractivity contribution >= 4 is 11.9 Å². The number of allylic oxidation sites excluding steroid dienone is 4. The Labute approximate surface area is 139 Å². The third-order valence-electron chi connectivity index (χ3n) is 3.58. The van der Waals surface area contributed by atoms with Crippen LogP contribution >= 0.6 is 0 Å². The first-order valence-corrected chi connectivity index (χ1v) is 8.53. The number of nitrogens with two attached hydrogens (primary N) is 2. The molecule has 5 nitrogen and oxygen atoms in total. The van der Waals surface area contributed by atoms with Gasteiger partial charge in [0.1, 0.15) is 0 Å². The van der Waals surface area contributed by atoms with Gasteiger partial charge >= 0.3 is 0 Å². The quantitative estimate of drug-likeness (QED) is 0.223. The fourth-order valence-electron chi connectivity index (χ4n) is 2.14. The molecule has 5 heteroatoms. The van der Waals surface area contributed by atoms with Gasteiger partial charge in [-0.1, -0.05) is 50.1 Å². The van der Waals surface area contributed by atoms with Crippen LogP contribution in [0.5, 0.6) is 0 Å². The fraction of sp³-hybridized carbons (Fsp3) is 0.556. The van der Waals surface area contributed by atoms with Crippen molar-refractivity contribution < 1.29 is 4.79 Å². The maximum absolute atomic E-state index is 11.9. The molecule has 5 N–H and O–H groups in total. The summed E-state index contributed by atoms with van der Waals surface area (Å²) in [5, 5.41) is 2.96. The number of unbranched alkanes of at least 4 members (excludes halogenated alkanes) is 4. The average molecular weight is 318 g/mol. The number of hydrogen-bond donors (Lipinski definition) is 3. The van der Waals surface area contributed by atoms with Gasteiger partial charge in [-0.25, -0.2) is 0 Å². The van der Waals surface area contributed by atoms with Crippen molar-refractivity contribution in [3.05, 3.63) is 36.0 Å². The number of rotatable bonds is 12. The first kappa shape index (κ1) is 19.0. The first-order valence-electron chi connectivity index (χ1n) is 8.53. The zero-order chi connectivity index (χ0) is 16.9. The number of amides is 1. The molecule has 0 aromatic carbocycles. The van der Waals surface area contributed by atoms with Crippen LogP contribution in [0.15, 0.2) is 40.9 Å².